The number of nitrogen functional groups attached to an aromatic ring is 1. The van der Waals surface area contributed by atoms with Crippen molar-refractivity contribution >= 4 is 26.5 Å². The molecule has 0 fully saturated rings. The Hall–Kier alpha value is -1.85. The summed E-state index contributed by atoms with van der Waals surface area (Å²) >= 11 is 0. The van der Waals surface area contributed by atoms with Crippen molar-refractivity contribution in [2.75, 3.05) is 12.3 Å². The van der Waals surface area contributed by atoms with Gasteiger partial charge in [0.1, 0.15) is 0 Å². The Kier molecular flexibility index (Phi) is 3.59. The molecule has 0 amide bonds. The average Bonchev–Trinajstić information content (AvgIpc) is 2.37. The lowest BCUT2D eigenvalue weighted by Gasteiger charge is -2.10. The molecule has 0 aliphatic heterocycles. The van der Waals surface area contributed by atoms with Crippen LogP contribution in [-0.4, -0.2) is 15.0 Å². The highest BCUT2D eigenvalue weighted by Gasteiger charge is 2.17. The Morgan fingerprint density at radius 3 is 2.47 bits per heavy atom. The minimum Gasteiger partial charge on any atom is -0.398 e. The molecular formula is C14H16N2O2S. The molecule has 0 aliphatic carbocycles. The topological polar surface area (TPSA) is 72.2 Å². The van der Waals surface area contributed by atoms with Crippen molar-refractivity contribution in [1.82, 2.24) is 4.72 Å². The maximum atomic E-state index is 12.3. The zero-order valence-electron chi connectivity index (χ0n) is 10.7. The molecule has 0 radical (unpaired) electrons. The van der Waals surface area contributed by atoms with Crippen LogP contribution in [0.2, 0.25) is 0 Å². The van der Waals surface area contributed by atoms with E-state index in [1.165, 1.54) is 6.07 Å². The van der Waals surface area contributed by atoms with Gasteiger partial charge in [-0.3, -0.25) is 0 Å². The Bertz CT molecular complexity index is 736. The summed E-state index contributed by atoms with van der Waals surface area (Å²) in [6.07, 6.45) is 0. The Morgan fingerprint density at radius 2 is 1.84 bits per heavy atom. The van der Waals surface area contributed by atoms with E-state index in [-0.39, 0.29) is 11.4 Å². The molecule has 100 valence electrons. The Balaban J connectivity index is 2.57. The van der Waals surface area contributed by atoms with Crippen LogP contribution >= 0.6 is 0 Å². The number of nitrogens with one attached hydrogen (secondary N) is 1. The fourth-order valence-corrected chi connectivity index (χ4v) is 3.13. The van der Waals surface area contributed by atoms with Crippen molar-refractivity contribution in [2.24, 2.45) is 0 Å². The number of fused-ring (bicyclic) bond motifs is 1. The zero-order valence-corrected chi connectivity index (χ0v) is 11.5. The number of rotatable bonds is 4. The van der Waals surface area contributed by atoms with Crippen molar-refractivity contribution in [2.45, 2.75) is 11.8 Å². The molecule has 0 saturated carbocycles. The number of hydrogen-bond donors (Lipinski definition) is 2. The van der Waals surface area contributed by atoms with Crippen molar-refractivity contribution in [1.29, 1.82) is 0 Å². The summed E-state index contributed by atoms with van der Waals surface area (Å²) in [4.78, 5) is 0.235. The van der Waals surface area contributed by atoms with Crippen LogP contribution in [0.15, 0.2) is 53.4 Å². The van der Waals surface area contributed by atoms with E-state index in [2.05, 4.69) is 11.3 Å². The first-order chi connectivity index (χ1) is 8.92. The number of sulfonamides is 1. The van der Waals surface area contributed by atoms with Gasteiger partial charge in [0.05, 0.1) is 4.90 Å². The van der Waals surface area contributed by atoms with E-state index in [0.717, 1.165) is 11.0 Å². The van der Waals surface area contributed by atoms with E-state index in [4.69, 9.17) is 5.73 Å². The summed E-state index contributed by atoms with van der Waals surface area (Å²) in [7, 11) is -3.57. The van der Waals surface area contributed by atoms with Crippen molar-refractivity contribution in [3.63, 3.8) is 0 Å². The van der Waals surface area contributed by atoms with Crippen molar-refractivity contribution < 1.29 is 8.42 Å². The lowest BCUT2D eigenvalue weighted by atomic mass is 10.1. The van der Waals surface area contributed by atoms with Crippen LogP contribution in [0.5, 0.6) is 0 Å². The molecular weight excluding hydrogens is 260 g/mol. The van der Waals surface area contributed by atoms with E-state index in [1.54, 1.807) is 25.1 Å². The third-order valence-electron chi connectivity index (χ3n) is 2.77. The molecule has 0 heterocycles. The summed E-state index contributed by atoms with van der Waals surface area (Å²) < 4.78 is 27.1. The van der Waals surface area contributed by atoms with E-state index < -0.39 is 10.0 Å². The second-order valence-electron chi connectivity index (χ2n) is 4.48. The summed E-state index contributed by atoms with van der Waals surface area (Å²) in [5.41, 5.74) is 7.18. The maximum Gasteiger partial charge on any atom is 0.241 e. The van der Waals surface area contributed by atoms with E-state index >= 15 is 0 Å². The standard InChI is InChI=1S/C14H16N2O2S/c1-10(2)9-16-19(17,18)14-8-7-13(15)11-5-3-4-6-12(11)14/h3-8,16H,1,9,15H2,2H3. The average molecular weight is 276 g/mol. The molecule has 19 heavy (non-hydrogen) atoms. The van der Waals surface area contributed by atoms with Crippen LogP contribution in [0.25, 0.3) is 10.8 Å². The zero-order chi connectivity index (χ0) is 14.0. The second kappa shape index (κ2) is 5.03. The number of nitrogens with two attached hydrogens (primary N) is 1. The van der Waals surface area contributed by atoms with Crippen molar-refractivity contribution in [3.05, 3.63) is 48.6 Å². The monoisotopic (exact) mass is 276 g/mol. The molecule has 4 nitrogen and oxygen atoms in total. The molecule has 0 aromatic heterocycles. The predicted octanol–water partition coefficient (Wildman–Crippen LogP) is 2.28. The molecule has 0 aliphatic rings. The highest BCUT2D eigenvalue weighted by atomic mass is 32.2. The quantitative estimate of drug-likeness (QED) is 0.664. The Labute approximate surface area is 113 Å². The van der Waals surface area contributed by atoms with Gasteiger partial charge < -0.3 is 5.73 Å². The molecule has 0 unspecified atom stereocenters. The molecule has 0 bridgehead atoms. The van der Waals surface area contributed by atoms with E-state index in [0.29, 0.717) is 11.1 Å². The second-order valence-corrected chi connectivity index (χ2v) is 6.22. The first-order valence-electron chi connectivity index (χ1n) is 5.83. The van der Waals surface area contributed by atoms with Gasteiger partial charge in [-0.2, -0.15) is 0 Å². The van der Waals surface area contributed by atoms with Gasteiger partial charge >= 0.3 is 0 Å². The van der Waals surface area contributed by atoms with Crippen LogP contribution in [0.1, 0.15) is 6.92 Å². The smallest absolute Gasteiger partial charge is 0.241 e. The predicted molar refractivity (Wildman–Crippen MR) is 78.4 cm³/mol. The SMILES string of the molecule is C=C(C)CNS(=O)(=O)c1ccc(N)c2ccccc12. The van der Waals surface area contributed by atoms with Gasteiger partial charge in [0.2, 0.25) is 10.0 Å². The molecule has 2 aromatic carbocycles. The fourth-order valence-electron chi connectivity index (χ4n) is 1.83. The first-order valence-corrected chi connectivity index (χ1v) is 7.31. The normalized spacial score (nSPS) is 11.6. The van der Waals surface area contributed by atoms with Gasteiger partial charge in [0, 0.05) is 23.0 Å². The van der Waals surface area contributed by atoms with Gasteiger partial charge in [0.15, 0.2) is 0 Å². The molecule has 0 saturated heterocycles. The number of benzene rings is 2. The first kappa shape index (κ1) is 13.6. The minimum absolute atomic E-state index is 0.223. The molecule has 0 atom stereocenters. The molecule has 2 rings (SSSR count). The van der Waals surface area contributed by atoms with E-state index in [1.807, 2.05) is 12.1 Å². The summed E-state index contributed by atoms with van der Waals surface area (Å²) in [6, 6.07) is 10.3. The van der Waals surface area contributed by atoms with Gasteiger partial charge in [-0.15, -0.1) is 0 Å². The highest BCUT2D eigenvalue weighted by Crippen LogP contribution is 2.27. The van der Waals surface area contributed by atoms with Crippen molar-refractivity contribution in [3.8, 4) is 0 Å². The van der Waals surface area contributed by atoms with Crippen LogP contribution < -0.4 is 10.5 Å². The summed E-state index contributed by atoms with van der Waals surface area (Å²) in [5, 5.41) is 1.36. The summed E-state index contributed by atoms with van der Waals surface area (Å²) in [5.74, 6) is 0. The number of hydrogen-bond acceptors (Lipinski definition) is 3. The minimum atomic E-state index is -3.57. The van der Waals surface area contributed by atoms with Gasteiger partial charge in [-0.1, -0.05) is 36.4 Å². The third kappa shape index (κ3) is 2.77. The van der Waals surface area contributed by atoms with Crippen LogP contribution in [-0.2, 0) is 10.0 Å². The third-order valence-corrected chi connectivity index (χ3v) is 4.23. The van der Waals surface area contributed by atoms with E-state index in [9.17, 15) is 8.42 Å². The van der Waals surface area contributed by atoms with Gasteiger partial charge in [0.25, 0.3) is 0 Å². The summed E-state index contributed by atoms with van der Waals surface area (Å²) in [6.45, 7) is 5.67. The van der Waals surface area contributed by atoms with Crippen LogP contribution in [0.4, 0.5) is 5.69 Å². The lowest BCUT2D eigenvalue weighted by molar-refractivity contribution is 0.585. The molecule has 3 N–H and O–H groups in total. The fraction of sp³-hybridized carbons (Fsp3) is 0.143. The van der Waals surface area contributed by atoms with Gasteiger partial charge in [-0.05, 0) is 19.1 Å². The largest absolute Gasteiger partial charge is 0.398 e. The van der Waals surface area contributed by atoms with Gasteiger partial charge in [-0.25, -0.2) is 13.1 Å². The van der Waals surface area contributed by atoms with Crippen LogP contribution in [0, 0.1) is 0 Å². The highest BCUT2D eigenvalue weighted by molar-refractivity contribution is 7.89. The molecule has 2 aromatic rings. The van der Waals surface area contributed by atoms with Crippen LogP contribution in [0.3, 0.4) is 0 Å². The maximum absolute atomic E-state index is 12.3. The Morgan fingerprint density at radius 1 is 1.21 bits per heavy atom. The molecule has 5 heteroatoms. The number of anilines is 1. The molecule has 0 spiro atoms. The lowest BCUT2D eigenvalue weighted by Crippen LogP contribution is -2.25.